The van der Waals surface area contributed by atoms with Crippen LogP contribution in [0.5, 0.6) is 0 Å². The van der Waals surface area contributed by atoms with Crippen molar-refractivity contribution in [3.63, 3.8) is 0 Å². The van der Waals surface area contributed by atoms with E-state index < -0.39 is 29.6 Å². The fourth-order valence-electron chi connectivity index (χ4n) is 2.39. The van der Waals surface area contributed by atoms with E-state index in [2.05, 4.69) is 0 Å². The monoisotopic (exact) mass is 289 g/mol. The summed E-state index contributed by atoms with van der Waals surface area (Å²) in [5.41, 5.74) is 0.0584. The number of rotatable bonds is 2. The average Bonchev–Trinajstić information content (AvgIpc) is 2.34. The lowest BCUT2D eigenvalue weighted by Crippen LogP contribution is -2.60. The summed E-state index contributed by atoms with van der Waals surface area (Å²) in [6.45, 7) is 6.56. The largest absolute Gasteiger partial charge is 0.443 e. The smallest absolute Gasteiger partial charge is 0.417 e. The summed E-state index contributed by atoms with van der Waals surface area (Å²) >= 11 is 0. The molecule has 1 aliphatic rings. The van der Waals surface area contributed by atoms with Crippen LogP contribution < -0.4 is 0 Å². The Balaban J connectivity index is 2.30. The maximum absolute atomic E-state index is 12.2. The fraction of sp³-hybridized carbons (Fsp3) is 0.438. The Hall–Kier alpha value is -2.17. The van der Waals surface area contributed by atoms with Crippen LogP contribution in [0, 0.1) is 5.92 Å². The number of Topliss-reactive ketones (excluding diaryl/α,β-unsaturated/α-hetero) is 1. The summed E-state index contributed by atoms with van der Waals surface area (Å²) in [5, 5.41) is 0. The highest BCUT2D eigenvalue weighted by Crippen LogP contribution is 2.41. The van der Waals surface area contributed by atoms with Crippen molar-refractivity contribution in [1.82, 2.24) is 4.90 Å². The van der Waals surface area contributed by atoms with Crippen LogP contribution in [0.3, 0.4) is 0 Å². The molecule has 0 spiro atoms. The van der Waals surface area contributed by atoms with Crippen LogP contribution in [0.1, 0.15) is 39.3 Å². The van der Waals surface area contributed by atoms with Gasteiger partial charge in [0.25, 0.3) is 0 Å². The number of nitrogens with zero attached hydrogens (tertiary/aromatic N) is 1. The average molecular weight is 289 g/mol. The van der Waals surface area contributed by atoms with Crippen LogP contribution in [-0.2, 0) is 14.3 Å². The van der Waals surface area contributed by atoms with Gasteiger partial charge in [0, 0.05) is 0 Å². The van der Waals surface area contributed by atoms with Gasteiger partial charge in [-0.15, -0.1) is 0 Å². The molecule has 2 amide bonds. The van der Waals surface area contributed by atoms with Crippen LogP contribution in [-0.4, -0.2) is 28.3 Å². The second kappa shape index (κ2) is 5.31. The first-order valence-electron chi connectivity index (χ1n) is 6.84. The summed E-state index contributed by atoms with van der Waals surface area (Å²) in [5.74, 6) is -1.54. The molecule has 2 atom stereocenters. The quantitative estimate of drug-likeness (QED) is 0.620. The molecule has 2 rings (SSSR count). The number of hydrogen-bond acceptors (Lipinski definition) is 4. The highest BCUT2D eigenvalue weighted by molar-refractivity contribution is 6.11. The van der Waals surface area contributed by atoms with Crippen LogP contribution in [0.15, 0.2) is 30.3 Å². The van der Waals surface area contributed by atoms with Gasteiger partial charge >= 0.3 is 6.09 Å². The van der Waals surface area contributed by atoms with Gasteiger partial charge in [-0.05, 0) is 33.3 Å². The van der Waals surface area contributed by atoms with Crippen LogP contribution in [0.25, 0.3) is 0 Å². The first-order chi connectivity index (χ1) is 9.72. The molecule has 1 saturated heterocycles. The van der Waals surface area contributed by atoms with Gasteiger partial charge in [-0.2, -0.15) is 0 Å². The second-order valence-corrected chi connectivity index (χ2v) is 6.13. The van der Waals surface area contributed by atoms with Crippen molar-refractivity contribution in [2.45, 2.75) is 39.3 Å². The predicted octanol–water partition coefficient (Wildman–Crippen LogP) is 2.71. The first kappa shape index (κ1) is 15.2. The molecule has 0 bridgehead atoms. The number of ketones is 1. The van der Waals surface area contributed by atoms with Crippen LogP contribution in [0.4, 0.5) is 4.79 Å². The third kappa shape index (κ3) is 2.96. The Morgan fingerprint density at radius 3 is 2.19 bits per heavy atom. The molecule has 1 aliphatic heterocycles. The normalized spacial score (nSPS) is 21.7. The molecule has 5 heteroatoms. The molecule has 1 unspecified atom stereocenters. The van der Waals surface area contributed by atoms with Crippen molar-refractivity contribution in [3.8, 4) is 0 Å². The van der Waals surface area contributed by atoms with Gasteiger partial charge in [0.05, 0.1) is 6.04 Å². The minimum Gasteiger partial charge on any atom is -0.443 e. The molecular weight excluding hydrogens is 270 g/mol. The third-order valence-electron chi connectivity index (χ3n) is 3.27. The maximum atomic E-state index is 12.2. The lowest BCUT2D eigenvalue weighted by Gasteiger charge is -2.44. The number of likely N-dealkylation sites (tertiary alicyclic amines) is 1. The predicted molar refractivity (Wildman–Crippen MR) is 76.4 cm³/mol. The van der Waals surface area contributed by atoms with Crippen molar-refractivity contribution in [2.75, 3.05) is 0 Å². The summed E-state index contributed by atoms with van der Waals surface area (Å²) in [4.78, 5) is 37.0. The first-order valence-corrected chi connectivity index (χ1v) is 6.84. The molecule has 1 fully saturated rings. The fourth-order valence-corrected chi connectivity index (χ4v) is 2.39. The van der Waals surface area contributed by atoms with Crippen molar-refractivity contribution < 1.29 is 19.1 Å². The van der Waals surface area contributed by atoms with E-state index in [1.807, 2.05) is 18.2 Å². The Morgan fingerprint density at radius 1 is 1.14 bits per heavy atom. The molecule has 1 aromatic carbocycles. The Kier molecular flexibility index (Phi) is 3.85. The molecule has 1 aromatic rings. The Bertz CT molecular complexity index is 574. The number of ether oxygens (including phenoxy) is 1. The number of carbonyl (C=O) groups excluding carboxylic acids is 3. The van der Waals surface area contributed by atoms with E-state index in [0.29, 0.717) is 0 Å². The lowest BCUT2D eigenvalue weighted by atomic mass is 9.80. The number of carbonyl (C=O) groups is 3. The van der Waals surface area contributed by atoms with Crippen molar-refractivity contribution >= 4 is 17.8 Å². The molecule has 1 heterocycles. The summed E-state index contributed by atoms with van der Waals surface area (Å²) < 4.78 is 5.25. The number of benzene rings is 1. The Labute approximate surface area is 123 Å². The minimum atomic E-state index is -0.806. The number of β-lactam (4-membered cyclic amide) rings is 1. The zero-order chi connectivity index (χ0) is 15.8. The van der Waals surface area contributed by atoms with Crippen molar-refractivity contribution in [2.24, 2.45) is 5.92 Å². The van der Waals surface area contributed by atoms with Gasteiger partial charge in [-0.25, -0.2) is 9.69 Å². The van der Waals surface area contributed by atoms with Gasteiger partial charge < -0.3 is 4.74 Å². The molecule has 5 nitrogen and oxygen atoms in total. The van der Waals surface area contributed by atoms with E-state index in [9.17, 15) is 14.4 Å². The molecule has 0 aromatic heterocycles. The molecule has 0 radical (unpaired) electrons. The Morgan fingerprint density at radius 2 is 1.71 bits per heavy atom. The summed E-state index contributed by atoms with van der Waals surface area (Å²) in [6, 6.07) is 8.47. The minimum absolute atomic E-state index is 0.242. The van der Waals surface area contributed by atoms with Gasteiger partial charge in [0.1, 0.15) is 17.3 Å². The van der Waals surface area contributed by atoms with Crippen LogP contribution >= 0.6 is 0 Å². The highest BCUT2D eigenvalue weighted by atomic mass is 16.6. The summed E-state index contributed by atoms with van der Waals surface area (Å²) in [7, 11) is 0. The van der Waals surface area contributed by atoms with E-state index in [4.69, 9.17) is 4.74 Å². The highest BCUT2D eigenvalue weighted by Gasteiger charge is 2.54. The molecule has 112 valence electrons. The van der Waals surface area contributed by atoms with Crippen molar-refractivity contribution in [1.29, 1.82) is 0 Å². The molecule has 21 heavy (non-hydrogen) atoms. The SMILES string of the molecule is CC(=O)[C@H]1C(=O)N(C(=O)OC(C)(C)C)C1c1ccccc1. The van der Waals surface area contributed by atoms with E-state index in [1.165, 1.54) is 6.92 Å². The van der Waals surface area contributed by atoms with E-state index in [1.54, 1.807) is 32.9 Å². The van der Waals surface area contributed by atoms with Crippen molar-refractivity contribution in [3.05, 3.63) is 35.9 Å². The van der Waals surface area contributed by atoms with Gasteiger partial charge in [-0.1, -0.05) is 30.3 Å². The van der Waals surface area contributed by atoms with E-state index in [-0.39, 0.29) is 5.78 Å². The third-order valence-corrected chi connectivity index (χ3v) is 3.27. The molecule has 0 N–H and O–H groups in total. The number of hydrogen-bond donors (Lipinski definition) is 0. The summed E-state index contributed by atoms with van der Waals surface area (Å²) in [6.07, 6.45) is -0.709. The van der Waals surface area contributed by atoms with Crippen LogP contribution in [0.2, 0.25) is 0 Å². The maximum Gasteiger partial charge on any atom is 0.417 e. The van der Waals surface area contributed by atoms with E-state index in [0.717, 1.165) is 10.5 Å². The van der Waals surface area contributed by atoms with E-state index >= 15 is 0 Å². The zero-order valence-corrected chi connectivity index (χ0v) is 12.6. The second-order valence-electron chi connectivity index (χ2n) is 6.13. The number of imide groups is 1. The molecular formula is C16H19NO4. The van der Waals surface area contributed by atoms with Gasteiger partial charge in [0.2, 0.25) is 5.91 Å². The lowest BCUT2D eigenvalue weighted by molar-refractivity contribution is -0.158. The molecule has 0 aliphatic carbocycles. The topological polar surface area (TPSA) is 63.7 Å². The standard InChI is InChI=1S/C16H19NO4/c1-10(18)12-13(11-8-6-5-7-9-11)17(14(12)19)15(20)21-16(2,3)4/h5-9,12-13H,1-4H3/t12-,13?/m1/s1. The van der Waals surface area contributed by atoms with Gasteiger partial charge in [0.15, 0.2) is 0 Å². The number of amides is 2. The molecule has 0 saturated carbocycles. The zero-order valence-electron chi connectivity index (χ0n) is 12.6. The van der Waals surface area contributed by atoms with Gasteiger partial charge in [-0.3, -0.25) is 9.59 Å².